The summed E-state index contributed by atoms with van der Waals surface area (Å²) in [6.07, 6.45) is 7.06. The molecule has 1 aromatic carbocycles. The van der Waals surface area contributed by atoms with Crippen LogP contribution in [0.25, 0.3) is 6.08 Å². The summed E-state index contributed by atoms with van der Waals surface area (Å²) >= 11 is 0. The molecule has 86 valence electrons. The minimum atomic E-state index is 0.380. The van der Waals surface area contributed by atoms with Crippen molar-refractivity contribution in [2.75, 3.05) is 0 Å². The van der Waals surface area contributed by atoms with Gasteiger partial charge in [0.05, 0.1) is 0 Å². The van der Waals surface area contributed by atoms with Crippen molar-refractivity contribution in [3.05, 3.63) is 40.5 Å². The second-order valence-electron chi connectivity index (χ2n) is 5.08. The zero-order valence-electron chi connectivity index (χ0n) is 10.3. The Hall–Kier alpha value is -1.08. The zero-order valence-corrected chi connectivity index (χ0v) is 10.3. The lowest BCUT2D eigenvalue weighted by molar-refractivity contribution is 0.520. The maximum absolute atomic E-state index is 6.00. The Bertz CT molecular complexity index is 384. The molecule has 2 rings (SSSR count). The summed E-state index contributed by atoms with van der Waals surface area (Å²) in [6.45, 7) is 4.31. The van der Waals surface area contributed by atoms with Crippen LogP contribution in [0.5, 0.6) is 0 Å². The van der Waals surface area contributed by atoms with Crippen molar-refractivity contribution in [3.8, 4) is 0 Å². The van der Waals surface area contributed by atoms with Gasteiger partial charge >= 0.3 is 0 Å². The predicted molar refractivity (Wildman–Crippen MR) is 70.3 cm³/mol. The third-order valence-corrected chi connectivity index (χ3v) is 3.21. The zero-order chi connectivity index (χ0) is 11.5. The summed E-state index contributed by atoms with van der Waals surface area (Å²) in [7, 11) is 0. The number of hydrogen-bond donors (Lipinski definition) is 1. The molecule has 1 fully saturated rings. The number of hydrogen-bond acceptors (Lipinski definition) is 1. The van der Waals surface area contributed by atoms with Crippen LogP contribution in [0, 0.1) is 13.8 Å². The lowest BCUT2D eigenvalue weighted by Gasteiger charge is -2.20. The number of aryl methyl sites for hydroxylation is 2. The molecule has 0 spiro atoms. The van der Waals surface area contributed by atoms with Crippen molar-refractivity contribution in [3.63, 3.8) is 0 Å². The van der Waals surface area contributed by atoms with Gasteiger partial charge in [-0.2, -0.15) is 0 Å². The molecule has 1 aliphatic rings. The van der Waals surface area contributed by atoms with Gasteiger partial charge in [-0.05, 0) is 45.1 Å². The van der Waals surface area contributed by atoms with E-state index in [1.807, 2.05) is 0 Å². The van der Waals surface area contributed by atoms with E-state index in [0.29, 0.717) is 6.04 Å². The largest absolute Gasteiger partial charge is 0.327 e. The van der Waals surface area contributed by atoms with E-state index in [1.54, 1.807) is 0 Å². The molecule has 0 amide bonds. The van der Waals surface area contributed by atoms with Gasteiger partial charge in [0.2, 0.25) is 0 Å². The van der Waals surface area contributed by atoms with Gasteiger partial charge in [0.1, 0.15) is 0 Å². The SMILES string of the molecule is Cc1cc(C)cc(C=C2CCCC(N)C2)c1. The Morgan fingerprint density at radius 3 is 2.50 bits per heavy atom. The van der Waals surface area contributed by atoms with Gasteiger partial charge in [0.25, 0.3) is 0 Å². The fourth-order valence-corrected chi connectivity index (χ4v) is 2.59. The van der Waals surface area contributed by atoms with E-state index in [4.69, 9.17) is 5.73 Å². The van der Waals surface area contributed by atoms with Gasteiger partial charge in [0, 0.05) is 6.04 Å². The summed E-state index contributed by atoms with van der Waals surface area (Å²) < 4.78 is 0. The molecule has 1 unspecified atom stereocenters. The second-order valence-corrected chi connectivity index (χ2v) is 5.08. The monoisotopic (exact) mass is 215 g/mol. The van der Waals surface area contributed by atoms with Gasteiger partial charge in [-0.15, -0.1) is 0 Å². The van der Waals surface area contributed by atoms with Gasteiger partial charge in [-0.1, -0.05) is 41.0 Å². The third-order valence-electron chi connectivity index (χ3n) is 3.21. The Morgan fingerprint density at radius 2 is 1.88 bits per heavy atom. The maximum atomic E-state index is 6.00. The van der Waals surface area contributed by atoms with Gasteiger partial charge in [0.15, 0.2) is 0 Å². The molecule has 1 heteroatoms. The van der Waals surface area contributed by atoms with E-state index in [-0.39, 0.29) is 0 Å². The van der Waals surface area contributed by atoms with Crippen LogP contribution < -0.4 is 5.73 Å². The molecule has 1 aliphatic carbocycles. The van der Waals surface area contributed by atoms with Crippen molar-refractivity contribution < 1.29 is 0 Å². The maximum Gasteiger partial charge on any atom is 0.00763 e. The highest BCUT2D eigenvalue weighted by molar-refractivity contribution is 5.55. The molecule has 16 heavy (non-hydrogen) atoms. The van der Waals surface area contributed by atoms with E-state index in [9.17, 15) is 0 Å². The molecule has 0 heterocycles. The lowest BCUT2D eigenvalue weighted by atomic mass is 9.90. The second kappa shape index (κ2) is 4.84. The summed E-state index contributed by atoms with van der Waals surface area (Å²) in [5.74, 6) is 0. The first-order chi connectivity index (χ1) is 7.63. The summed E-state index contributed by atoms with van der Waals surface area (Å²) in [5.41, 5.74) is 11.5. The topological polar surface area (TPSA) is 26.0 Å². The molecule has 2 N–H and O–H groups in total. The average molecular weight is 215 g/mol. The normalized spacial score (nSPS) is 23.7. The minimum absolute atomic E-state index is 0.380. The Kier molecular flexibility index (Phi) is 3.45. The van der Waals surface area contributed by atoms with Crippen LogP contribution in [0.15, 0.2) is 23.8 Å². The van der Waals surface area contributed by atoms with E-state index in [2.05, 4.69) is 38.1 Å². The van der Waals surface area contributed by atoms with Crippen molar-refractivity contribution >= 4 is 6.08 Å². The van der Waals surface area contributed by atoms with Crippen molar-refractivity contribution in [2.24, 2.45) is 5.73 Å². The smallest absolute Gasteiger partial charge is 0.00763 e. The highest BCUT2D eigenvalue weighted by Gasteiger charge is 2.12. The first-order valence-electron chi connectivity index (χ1n) is 6.17. The molecule has 1 nitrogen and oxygen atoms in total. The van der Waals surface area contributed by atoms with Gasteiger partial charge in [-0.3, -0.25) is 0 Å². The van der Waals surface area contributed by atoms with E-state index < -0.39 is 0 Å². The van der Waals surface area contributed by atoms with Crippen molar-refractivity contribution in [1.82, 2.24) is 0 Å². The molecule has 0 bridgehead atoms. The Morgan fingerprint density at radius 1 is 1.19 bits per heavy atom. The average Bonchev–Trinajstić information content (AvgIpc) is 2.15. The molecule has 1 atom stereocenters. The van der Waals surface area contributed by atoms with Crippen LogP contribution in [-0.2, 0) is 0 Å². The molecule has 1 aromatic rings. The van der Waals surface area contributed by atoms with Crippen LogP contribution in [0.1, 0.15) is 42.4 Å². The van der Waals surface area contributed by atoms with Crippen molar-refractivity contribution in [1.29, 1.82) is 0 Å². The first kappa shape index (κ1) is 11.4. The fourth-order valence-electron chi connectivity index (χ4n) is 2.59. The van der Waals surface area contributed by atoms with Crippen LogP contribution in [0.4, 0.5) is 0 Å². The third kappa shape index (κ3) is 2.96. The van der Waals surface area contributed by atoms with E-state index in [0.717, 1.165) is 6.42 Å². The van der Waals surface area contributed by atoms with Crippen LogP contribution in [-0.4, -0.2) is 6.04 Å². The fraction of sp³-hybridized carbons (Fsp3) is 0.467. The lowest BCUT2D eigenvalue weighted by Crippen LogP contribution is -2.23. The van der Waals surface area contributed by atoms with E-state index >= 15 is 0 Å². The van der Waals surface area contributed by atoms with Crippen LogP contribution in [0.3, 0.4) is 0 Å². The number of rotatable bonds is 1. The molecule has 0 saturated heterocycles. The highest BCUT2D eigenvalue weighted by atomic mass is 14.6. The van der Waals surface area contributed by atoms with Gasteiger partial charge in [-0.25, -0.2) is 0 Å². The first-order valence-corrected chi connectivity index (χ1v) is 6.17. The molecule has 1 saturated carbocycles. The van der Waals surface area contributed by atoms with Crippen molar-refractivity contribution in [2.45, 2.75) is 45.6 Å². The highest BCUT2D eigenvalue weighted by Crippen LogP contribution is 2.25. The quantitative estimate of drug-likeness (QED) is 0.761. The minimum Gasteiger partial charge on any atom is -0.327 e. The van der Waals surface area contributed by atoms with Crippen LogP contribution in [0.2, 0.25) is 0 Å². The number of nitrogens with two attached hydrogens (primary N) is 1. The van der Waals surface area contributed by atoms with Crippen LogP contribution >= 0.6 is 0 Å². The molecule has 0 radical (unpaired) electrons. The summed E-state index contributed by atoms with van der Waals surface area (Å²) in [5, 5.41) is 0. The summed E-state index contributed by atoms with van der Waals surface area (Å²) in [6, 6.07) is 7.10. The molecule has 0 aromatic heterocycles. The Balaban J connectivity index is 2.21. The van der Waals surface area contributed by atoms with E-state index in [1.165, 1.54) is 41.5 Å². The standard InChI is InChI=1S/C15H21N/c1-11-6-12(2)8-14(7-11)9-13-4-3-5-15(16)10-13/h6-9,15H,3-5,10,16H2,1-2H3. The predicted octanol–water partition coefficient (Wildman–Crippen LogP) is 3.59. The molecular weight excluding hydrogens is 194 g/mol. The molecule has 0 aliphatic heterocycles. The summed E-state index contributed by atoms with van der Waals surface area (Å²) in [4.78, 5) is 0. The molecular formula is C15H21N. The van der Waals surface area contributed by atoms with Gasteiger partial charge < -0.3 is 5.73 Å². The Labute approximate surface area is 98.4 Å². The number of benzene rings is 1.